The molecule has 0 amide bonds. The number of carboxylic acid groups (broad SMARTS) is 1. The maximum atomic E-state index is 11.6. The Labute approximate surface area is 76.6 Å². The second kappa shape index (κ2) is 4.22. The van der Waals surface area contributed by atoms with Crippen molar-refractivity contribution < 1.29 is 23.5 Å². The maximum Gasteiger partial charge on any atom is 0.331 e. The lowest BCUT2D eigenvalue weighted by Crippen LogP contribution is -2.19. The average Bonchev–Trinajstić information content (AvgIpc) is 2.01. The molecule has 1 heterocycles. The summed E-state index contributed by atoms with van der Waals surface area (Å²) in [6.07, 6.45) is 0.390. The highest BCUT2D eigenvalue weighted by Crippen LogP contribution is 2.52. The van der Waals surface area contributed by atoms with E-state index in [1.54, 1.807) is 6.92 Å². The van der Waals surface area contributed by atoms with Gasteiger partial charge >= 0.3 is 13.6 Å². The van der Waals surface area contributed by atoms with Crippen LogP contribution in [0, 0.1) is 0 Å². The minimum absolute atomic E-state index is 0.0350. The quantitative estimate of drug-likeness (QED) is 0.711. The fourth-order valence-electron chi connectivity index (χ4n) is 1.06. The van der Waals surface area contributed by atoms with E-state index in [0.717, 1.165) is 0 Å². The molecular formula is C7H13O5P. The van der Waals surface area contributed by atoms with Crippen LogP contribution in [-0.4, -0.2) is 29.9 Å². The molecule has 13 heavy (non-hydrogen) atoms. The largest absolute Gasteiger partial charge is 0.481 e. The number of aliphatic carboxylic acids is 1. The van der Waals surface area contributed by atoms with E-state index < -0.39 is 13.6 Å². The summed E-state index contributed by atoms with van der Waals surface area (Å²) >= 11 is 0. The average molecular weight is 208 g/mol. The molecule has 0 spiro atoms. The predicted molar refractivity (Wildman–Crippen MR) is 45.8 cm³/mol. The zero-order valence-electron chi connectivity index (χ0n) is 7.43. The third-order valence-corrected chi connectivity index (χ3v) is 3.78. The third kappa shape index (κ3) is 3.46. The van der Waals surface area contributed by atoms with Crippen molar-refractivity contribution in [3.05, 3.63) is 0 Å². The normalized spacial score (nSPS) is 34.4. The van der Waals surface area contributed by atoms with Crippen LogP contribution in [0.3, 0.4) is 0 Å². The highest BCUT2D eigenvalue weighted by atomic mass is 31.2. The van der Waals surface area contributed by atoms with Gasteiger partial charge in [0.05, 0.1) is 25.3 Å². The van der Waals surface area contributed by atoms with Crippen molar-refractivity contribution in [2.24, 2.45) is 0 Å². The van der Waals surface area contributed by atoms with Gasteiger partial charge < -0.3 is 14.2 Å². The van der Waals surface area contributed by atoms with Gasteiger partial charge in [-0.2, -0.15) is 0 Å². The van der Waals surface area contributed by atoms with Crippen LogP contribution in [0.25, 0.3) is 0 Å². The summed E-state index contributed by atoms with van der Waals surface area (Å²) in [6.45, 7) is 2.19. The summed E-state index contributed by atoms with van der Waals surface area (Å²) in [5.74, 6) is -0.986. The van der Waals surface area contributed by atoms with E-state index in [-0.39, 0.29) is 18.7 Å². The van der Waals surface area contributed by atoms with Gasteiger partial charge in [-0.05, 0) is 13.3 Å². The summed E-state index contributed by atoms with van der Waals surface area (Å²) in [5.41, 5.74) is 0. The van der Waals surface area contributed by atoms with Gasteiger partial charge in [0, 0.05) is 0 Å². The summed E-state index contributed by atoms with van der Waals surface area (Å²) in [4.78, 5) is 10.2. The first kappa shape index (κ1) is 10.7. The molecule has 2 unspecified atom stereocenters. The zero-order valence-corrected chi connectivity index (χ0v) is 8.33. The van der Waals surface area contributed by atoms with E-state index >= 15 is 0 Å². The molecule has 6 heteroatoms. The molecule has 1 N–H and O–H groups in total. The van der Waals surface area contributed by atoms with Crippen molar-refractivity contribution in [2.75, 3.05) is 12.8 Å². The van der Waals surface area contributed by atoms with Crippen LogP contribution in [0.5, 0.6) is 0 Å². The highest BCUT2D eigenvalue weighted by Gasteiger charge is 2.31. The Kier molecular flexibility index (Phi) is 3.47. The van der Waals surface area contributed by atoms with E-state index in [4.69, 9.17) is 14.2 Å². The van der Waals surface area contributed by atoms with Gasteiger partial charge in [0.2, 0.25) is 0 Å². The molecule has 1 aliphatic heterocycles. The fraction of sp³-hybridized carbons (Fsp3) is 0.857. The van der Waals surface area contributed by atoms with Crippen molar-refractivity contribution >= 4 is 13.6 Å². The van der Waals surface area contributed by atoms with E-state index in [1.807, 2.05) is 0 Å². The molecule has 0 aromatic carbocycles. The van der Waals surface area contributed by atoms with Gasteiger partial charge in [-0.3, -0.25) is 9.36 Å². The first-order valence-corrected chi connectivity index (χ1v) is 5.88. The van der Waals surface area contributed by atoms with Crippen molar-refractivity contribution in [1.29, 1.82) is 0 Å². The second-order valence-corrected chi connectivity index (χ2v) is 5.15. The number of hydrogen-bond acceptors (Lipinski definition) is 4. The predicted octanol–water partition coefficient (Wildman–Crippen LogP) is 1.48. The van der Waals surface area contributed by atoms with Crippen molar-refractivity contribution in [3.8, 4) is 0 Å². The maximum absolute atomic E-state index is 11.6. The summed E-state index contributed by atoms with van der Waals surface area (Å²) in [6, 6.07) is 0. The minimum atomic E-state index is -3.10. The van der Waals surface area contributed by atoms with Crippen LogP contribution < -0.4 is 0 Å². The first-order valence-electron chi connectivity index (χ1n) is 4.16. The molecule has 76 valence electrons. The molecule has 1 saturated heterocycles. The summed E-state index contributed by atoms with van der Waals surface area (Å²) in [7, 11) is -3.10. The van der Waals surface area contributed by atoms with E-state index in [2.05, 4.69) is 0 Å². The molecule has 5 nitrogen and oxygen atoms in total. The van der Waals surface area contributed by atoms with E-state index in [0.29, 0.717) is 13.0 Å². The number of rotatable bonds is 3. The monoisotopic (exact) mass is 208 g/mol. The van der Waals surface area contributed by atoms with Crippen LogP contribution in [0.2, 0.25) is 0 Å². The lowest BCUT2D eigenvalue weighted by atomic mass is 10.3. The highest BCUT2D eigenvalue weighted by molar-refractivity contribution is 7.53. The van der Waals surface area contributed by atoms with Crippen LogP contribution in [0.4, 0.5) is 0 Å². The Morgan fingerprint density at radius 3 is 2.92 bits per heavy atom. The molecule has 0 bridgehead atoms. The van der Waals surface area contributed by atoms with Crippen LogP contribution in [0.1, 0.15) is 19.8 Å². The number of carboxylic acids is 1. The Bertz CT molecular complexity index is 239. The van der Waals surface area contributed by atoms with Crippen LogP contribution in [0.15, 0.2) is 0 Å². The molecule has 2 atom stereocenters. The molecular weight excluding hydrogens is 195 g/mol. The first-order chi connectivity index (χ1) is 6.02. The molecule has 0 aliphatic carbocycles. The van der Waals surface area contributed by atoms with Crippen molar-refractivity contribution in [2.45, 2.75) is 25.9 Å². The fourth-order valence-corrected chi connectivity index (χ4v) is 2.86. The second-order valence-electron chi connectivity index (χ2n) is 3.02. The topological polar surface area (TPSA) is 72.8 Å². The van der Waals surface area contributed by atoms with Gasteiger partial charge in [-0.1, -0.05) is 0 Å². The lowest BCUT2D eigenvalue weighted by molar-refractivity contribution is -0.136. The van der Waals surface area contributed by atoms with Gasteiger partial charge in [0.1, 0.15) is 0 Å². The van der Waals surface area contributed by atoms with E-state index in [1.165, 1.54) is 0 Å². The van der Waals surface area contributed by atoms with E-state index in [9.17, 15) is 9.36 Å². The molecule has 0 saturated carbocycles. The summed E-state index contributed by atoms with van der Waals surface area (Å²) < 4.78 is 21.7. The Morgan fingerprint density at radius 2 is 2.38 bits per heavy atom. The summed E-state index contributed by atoms with van der Waals surface area (Å²) in [5, 5.41) is 8.39. The molecule has 0 aromatic rings. The molecule has 0 radical (unpaired) electrons. The minimum Gasteiger partial charge on any atom is -0.481 e. The smallest absolute Gasteiger partial charge is 0.331 e. The molecule has 1 fully saturated rings. The lowest BCUT2D eigenvalue weighted by Gasteiger charge is -2.27. The van der Waals surface area contributed by atoms with Gasteiger partial charge in [-0.15, -0.1) is 0 Å². The molecule has 1 rings (SSSR count). The van der Waals surface area contributed by atoms with Crippen molar-refractivity contribution in [3.63, 3.8) is 0 Å². The number of carbonyl (C=O) groups is 1. The van der Waals surface area contributed by atoms with Crippen LogP contribution in [-0.2, 0) is 18.4 Å². The van der Waals surface area contributed by atoms with Gasteiger partial charge in [-0.25, -0.2) is 0 Å². The SMILES string of the molecule is CC1CCOP(=O)(CCC(=O)O)O1. The Morgan fingerprint density at radius 1 is 1.69 bits per heavy atom. The van der Waals surface area contributed by atoms with Gasteiger partial charge in [0.25, 0.3) is 0 Å². The Hall–Kier alpha value is -0.380. The van der Waals surface area contributed by atoms with Crippen molar-refractivity contribution in [1.82, 2.24) is 0 Å². The van der Waals surface area contributed by atoms with Gasteiger partial charge in [0.15, 0.2) is 0 Å². The third-order valence-electron chi connectivity index (χ3n) is 1.75. The molecule has 1 aliphatic rings. The Balaban J connectivity index is 2.45. The molecule has 0 aromatic heterocycles. The standard InChI is InChI=1S/C7H13O5P/c1-6-2-4-11-13(10,12-6)5-3-7(8)9/h6H,2-5H2,1H3,(H,8,9). The number of hydrogen-bond donors (Lipinski definition) is 1. The van der Waals surface area contributed by atoms with Crippen LogP contribution >= 0.6 is 7.60 Å². The zero-order chi connectivity index (χ0) is 9.90.